The average Bonchev–Trinajstić information content (AvgIpc) is 2.67. The predicted octanol–water partition coefficient (Wildman–Crippen LogP) is 0.937. The molecule has 0 aliphatic heterocycles. The minimum absolute atomic E-state index is 0.116. The Morgan fingerprint density at radius 3 is 1.19 bits per heavy atom. The van der Waals surface area contributed by atoms with Gasteiger partial charge >= 0.3 is 11.9 Å². The van der Waals surface area contributed by atoms with Crippen molar-refractivity contribution in [3.05, 3.63) is 48.5 Å². The largest absolute Gasteiger partial charge is 0.497 e. The summed E-state index contributed by atoms with van der Waals surface area (Å²) in [6, 6.07) is 11.9. The Morgan fingerprint density at radius 2 is 0.923 bits per heavy atom. The van der Waals surface area contributed by atoms with Crippen molar-refractivity contribution in [3.8, 4) is 23.0 Å². The highest BCUT2D eigenvalue weighted by molar-refractivity contribution is 5.87. The molecule has 2 aromatic rings. The molecule has 8 nitrogen and oxygen atoms in total. The molecule has 0 saturated heterocycles. The molecule has 138 valence electrons. The topological polar surface area (TPSA) is 112 Å². The quantitative estimate of drug-likeness (QED) is 0.553. The Morgan fingerprint density at radius 1 is 0.654 bits per heavy atom. The van der Waals surface area contributed by atoms with Crippen LogP contribution in [0, 0.1) is 0 Å². The van der Waals surface area contributed by atoms with E-state index in [1.165, 1.54) is 38.5 Å². The number of aliphatic hydroxyl groups excluding tert-OH is 2. The summed E-state index contributed by atoms with van der Waals surface area (Å²) in [4.78, 5) is 23.7. The van der Waals surface area contributed by atoms with Gasteiger partial charge in [-0.3, -0.25) is 0 Å². The number of benzene rings is 2. The summed E-state index contributed by atoms with van der Waals surface area (Å²) in [7, 11) is 2.96. The Bertz CT molecular complexity index is 673. The number of rotatable bonds is 7. The highest BCUT2D eigenvalue weighted by Crippen LogP contribution is 2.19. The lowest BCUT2D eigenvalue weighted by molar-refractivity contribution is -0.162. The van der Waals surface area contributed by atoms with E-state index in [2.05, 4.69) is 0 Å². The summed E-state index contributed by atoms with van der Waals surface area (Å²) in [6.45, 7) is 0. The molecule has 2 atom stereocenters. The second-order valence-electron chi connectivity index (χ2n) is 5.08. The van der Waals surface area contributed by atoms with Crippen molar-refractivity contribution < 1.29 is 38.7 Å². The zero-order valence-corrected chi connectivity index (χ0v) is 14.1. The molecule has 0 saturated carbocycles. The maximum Gasteiger partial charge on any atom is 0.343 e. The maximum atomic E-state index is 11.9. The lowest BCUT2D eigenvalue weighted by Gasteiger charge is -2.16. The standard InChI is InChI=1S/C18H18O8/c1-23-11-3-7-13(8-4-11)25-17(21)15(19)16(20)18(22)26-14-9-5-12(24-2)6-10-14/h3-10,15-16,19-20H,1-2H3. The smallest absolute Gasteiger partial charge is 0.343 e. The van der Waals surface area contributed by atoms with Crippen molar-refractivity contribution in [1.29, 1.82) is 0 Å². The van der Waals surface area contributed by atoms with Crippen LogP contribution in [0.5, 0.6) is 23.0 Å². The van der Waals surface area contributed by atoms with Gasteiger partial charge in [-0.05, 0) is 48.5 Å². The van der Waals surface area contributed by atoms with Crippen molar-refractivity contribution >= 4 is 11.9 Å². The van der Waals surface area contributed by atoms with Gasteiger partial charge in [0.1, 0.15) is 23.0 Å². The highest BCUT2D eigenvalue weighted by Gasteiger charge is 2.33. The molecule has 0 aromatic heterocycles. The lowest BCUT2D eigenvalue weighted by atomic mass is 10.2. The molecule has 0 heterocycles. The van der Waals surface area contributed by atoms with Crippen LogP contribution < -0.4 is 18.9 Å². The third kappa shape index (κ3) is 4.95. The molecule has 2 N–H and O–H groups in total. The number of carbonyl (C=O) groups excluding carboxylic acids is 2. The second-order valence-corrected chi connectivity index (χ2v) is 5.08. The fraction of sp³-hybridized carbons (Fsp3) is 0.222. The van der Waals surface area contributed by atoms with Gasteiger partial charge in [0.2, 0.25) is 0 Å². The number of hydrogen-bond donors (Lipinski definition) is 2. The van der Waals surface area contributed by atoms with Gasteiger partial charge in [0.15, 0.2) is 12.2 Å². The fourth-order valence-electron chi connectivity index (χ4n) is 1.90. The van der Waals surface area contributed by atoms with Gasteiger partial charge in [-0.15, -0.1) is 0 Å². The zero-order valence-electron chi connectivity index (χ0n) is 14.1. The molecular weight excluding hydrogens is 344 g/mol. The van der Waals surface area contributed by atoms with Crippen LogP contribution >= 0.6 is 0 Å². The molecule has 0 radical (unpaired) electrons. The third-order valence-electron chi connectivity index (χ3n) is 3.34. The van der Waals surface area contributed by atoms with E-state index < -0.39 is 24.1 Å². The fourth-order valence-corrected chi connectivity index (χ4v) is 1.90. The summed E-state index contributed by atoms with van der Waals surface area (Å²) >= 11 is 0. The lowest BCUT2D eigenvalue weighted by Crippen LogP contribution is -2.43. The first-order valence-electron chi connectivity index (χ1n) is 7.52. The first-order chi connectivity index (χ1) is 12.4. The monoisotopic (exact) mass is 362 g/mol. The summed E-state index contributed by atoms with van der Waals surface area (Å²) in [5, 5.41) is 19.6. The van der Waals surface area contributed by atoms with Crippen LogP contribution in [-0.2, 0) is 9.59 Å². The van der Waals surface area contributed by atoms with Crippen LogP contribution in [0.15, 0.2) is 48.5 Å². The molecule has 0 amide bonds. The van der Waals surface area contributed by atoms with Crippen LogP contribution in [0.4, 0.5) is 0 Å². The van der Waals surface area contributed by atoms with Gasteiger partial charge in [-0.1, -0.05) is 0 Å². The third-order valence-corrected chi connectivity index (χ3v) is 3.34. The van der Waals surface area contributed by atoms with E-state index in [4.69, 9.17) is 18.9 Å². The number of ether oxygens (including phenoxy) is 4. The van der Waals surface area contributed by atoms with Crippen LogP contribution in [0.3, 0.4) is 0 Å². The Labute approximate surface area is 149 Å². The number of esters is 2. The van der Waals surface area contributed by atoms with Crippen molar-refractivity contribution in [2.45, 2.75) is 12.2 Å². The SMILES string of the molecule is COc1ccc(OC(=O)C(O)C(O)C(=O)Oc2ccc(OC)cc2)cc1. The van der Waals surface area contributed by atoms with Gasteiger partial charge < -0.3 is 29.2 Å². The van der Waals surface area contributed by atoms with Crippen molar-refractivity contribution in [1.82, 2.24) is 0 Å². The van der Waals surface area contributed by atoms with Crippen molar-refractivity contribution in [2.24, 2.45) is 0 Å². The van der Waals surface area contributed by atoms with Gasteiger partial charge in [-0.2, -0.15) is 0 Å². The zero-order chi connectivity index (χ0) is 19.1. The Kier molecular flexibility index (Phi) is 6.54. The summed E-state index contributed by atoms with van der Waals surface area (Å²) in [6.07, 6.45) is -4.22. The Balaban J connectivity index is 1.94. The number of hydrogen-bond acceptors (Lipinski definition) is 8. The minimum Gasteiger partial charge on any atom is -0.497 e. The van der Waals surface area contributed by atoms with E-state index in [9.17, 15) is 19.8 Å². The van der Waals surface area contributed by atoms with Crippen molar-refractivity contribution in [3.63, 3.8) is 0 Å². The van der Waals surface area contributed by atoms with Gasteiger partial charge in [0, 0.05) is 0 Å². The van der Waals surface area contributed by atoms with Gasteiger partial charge in [-0.25, -0.2) is 9.59 Å². The number of aliphatic hydroxyl groups is 2. The Hall–Kier alpha value is -3.10. The maximum absolute atomic E-state index is 11.9. The molecule has 2 aromatic carbocycles. The number of methoxy groups -OCH3 is 2. The van der Waals surface area contributed by atoms with E-state index in [-0.39, 0.29) is 11.5 Å². The first kappa shape index (κ1) is 19.2. The van der Waals surface area contributed by atoms with E-state index in [1.807, 2.05) is 0 Å². The normalized spacial score (nSPS) is 12.6. The van der Waals surface area contributed by atoms with Crippen LogP contribution in [0.25, 0.3) is 0 Å². The van der Waals surface area contributed by atoms with Crippen LogP contribution in [0.1, 0.15) is 0 Å². The molecule has 2 rings (SSSR count). The molecule has 2 unspecified atom stereocenters. The highest BCUT2D eigenvalue weighted by atomic mass is 16.6. The van der Waals surface area contributed by atoms with E-state index in [0.717, 1.165) is 0 Å². The van der Waals surface area contributed by atoms with Crippen LogP contribution in [0.2, 0.25) is 0 Å². The molecule has 8 heteroatoms. The summed E-state index contributed by atoms with van der Waals surface area (Å²) in [5.74, 6) is -1.07. The molecular formula is C18H18O8. The molecule has 0 aliphatic carbocycles. The van der Waals surface area contributed by atoms with E-state index in [1.54, 1.807) is 24.3 Å². The van der Waals surface area contributed by atoms with Gasteiger partial charge in [0.25, 0.3) is 0 Å². The van der Waals surface area contributed by atoms with Gasteiger partial charge in [0.05, 0.1) is 14.2 Å². The molecule has 0 aliphatic rings. The minimum atomic E-state index is -2.11. The average molecular weight is 362 g/mol. The molecule has 0 bridgehead atoms. The molecule has 0 spiro atoms. The number of carbonyl (C=O) groups is 2. The van der Waals surface area contributed by atoms with Crippen LogP contribution in [-0.4, -0.2) is 48.6 Å². The predicted molar refractivity (Wildman–Crippen MR) is 89.3 cm³/mol. The van der Waals surface area contributed by atoms with E-state index >= 15 is 0 Å². The summed E-state index contributed by atoms with van der Waals surface area (Å²) < 4.78 is 19.7. The molecule has 26 heavy (non-hydrogen) atoms. The van der Waals surface area contributed by atoms with E-state index in [0.29, 0.717) is 11.5 Å². The first-order valence-corrected chi connectivity index (χ1v) is 7.52. The second kappa shape index (κ2) is 8.84. The van der Waals surface area contributed by atoms with Crippen molar-refractivity contribution in [2.75, 3.05) is 14.2 Å². The summed E-state index contributed by atoms with van der Waals surface area (Å²) in [5.41, 5.74) is 0. The molecule has 0 fully saturated rings.